The fourth-order valence-electron chi connectivity index (χ4n) is 3.44. The standard InChI is InChI=1S/C22H26FN3O2/c1-16(21(27)25-20-10-6-5-9-19(20)23)26-13-11-18(12-14-26)22(28)24-15-17-7-3-2-4-8-17/h2-10,16,18H,11-15H2,1H3,(H,24,28)(H,25,27)/t16-/m1/s1. The van der Waals surface area contributed by atoms with Crippen LogP contribution in [-0.2, 0) is 16.1 Å². The first kappa shape index (κ1) is 20.0. The molecular weight excluding hydrogens is 357 g/mol. The molecule has 2 aromatic carbocycles. The predicted octanol–water partition coefficient (Wildman–Crippen LogP) is 3.18. The van der Waals surface area contributed by atoms with Crippen LogP contribution in [0.15, 0.2) is 54.6 Å². The number of anilines is 1. The number of nitrogens with one attached hydrogen (secondary N) is 2. The van der Waals surface area contributed by atoms with Crippen LogP contribution in [0.25, 0.3) is 0 Å². The van der Waals surface area contributed by atoms with Crippen molar-refractivity contribution < 1.29 is 14.0 Å². The van der Waals surface area contributed by atoms with Gasteiger partial charge in [0.15, 0.2) is 0 Å². The average Bonchev–Trinajstić information content (AvgIpc) is 2.74. The third-order valence-corrected chi connectivity index (χ3v) is 5.27. The summed E-state index contributed by atoms with van der Waals surface area (Å²) in [6, 6.07) is 15.6. The van der Waals surface area contributed by atoms with Crippen molar-refractivity contribution in [3.63, 3.8) is 0 Å². The molecule has 1 saturated heterocycles. The van der Waals surface area contributed by atoms with Crippen molar-refractivity contribution in [2.75, 3.05) is 18.4 Å². The van der Waals surface area contributed by atoms with Crippen molar-refractivity contribution in [3.05, 3.63) is 66.0 Å². The highest BCUT2D eigenvalue weighted by Gasteiger charge is 2.29. The molecule has 2 aromatic rings. The van der Waals surface area contributed by atoms with Gasteiger partial charge in [0.25, 0.3) is 0 Å². The molecule has 1 heterocycles. The molecule has 1 atom stereocenters. The van der Waals surface area contributed by atoms with Gasteiger partial charge in [-0.1, -0.05) is 42.5 Å². The summed E-state index contributed by atoms with van der Waals surface area (Å²) in [7, 11) is 0. The maximum Gasteiger partial charge on any atom is 0.241 e. The minimum atomic E-state index is -0.447. The maximum absolute atomic E-state index is 13.7. The van der Waals surface area contributed by atoms with E-state index in [1.807, 2.05) is 42.2 Å². The number of amides is 2. The molecule has 0 spiro atoms. The second-order valence-corrected chi connectivity index (χ2v) is 7.16. The zero-order valence-electron chi connectivity index (χ0n) is 16.0. The van der Waals surface area contributed by atoms with Gasteiger partial charge in [-0.3, -0.25) is 14.5 Å². The van der Waals surface area contributed by atoms with E-state index in [1.54, 1.807) is 18.2 Å². The number of carbonyl (C=O) groups excluding carboxylic acids is 2. The van der Waals surface area contributed by atoms with Crippen LogP contribution >= 0.6 is 0 Å². The van der Waals surface area contributed by atoms with Crippen LogP contribution in [0.1, 0.15) is 25.3 Å². The number of hydrogen-bond acceptors (Lipinski definition) is 3. The molecular formula is C22H26FN3O2. The van der Waals surface area contributed by atoms with Gasteiger partial charge in [-0.15, -0.1) is 0 Å². The summed E-state index contributed by atoms with van der Waals surface area (Å²) in [4.78, 5) is 26.9. The Kier molecular flexibility index (Phi) is 6.76. The maximum atomic E-state index is 13.7. The van der Waals surface area contributed by atoms with Gasteiger partial charge in [0.05, 0.1) is 11.7 Å². The van der Waals surface area contributed by atoms with Gasteiger partial charge in [0.1, 0.15) is 5.82 Å². The predicted molar refractivity (Wildman–Crippen MR) is 107 cm³/mol. The zero-order valence-corrected chi connectivity index (χ0v) is 16.0. The smallest absolute Gasteiger partial charge is 0.241 e. The van der Waals surface area contributed by atoms with Crippen LogP contribution in [0.4, 0.5) is 10.1 Å². The van der Waals surface area contributed by atoms with E-state index in [9.17, 15) is 14.0 Å². The molecule has 2 amide bonds. The number of hydrogen-bond donors (Lipinski definition) is 2. The SMILES string of the molecule is C[C@H](C(=O)Nc1ccccc1F)N1CCC(C(=O)NCc2ccccc2)CC1. The molecule has 1 fully saturated rings. The Balaban J connectivity index is 1.45. The van der Waals surface area contributed by atoms with Crippen LogP contribution in [0.5, 0.6) is 0 Å². The molecule has 1 aliphatic rings. The second kappa shape index (κ2) is 9.46. The monoisotopic (exact) mass is 383 g/mol. The summed E-state index contributed by atoms with van der Waals surface area (Å²) in [6.45, 7) is 3.66. The molecule has 2 N–H and O–H groups in total. The number of likely N-dealkylation sites (tertiary alicyclic amines) is 1. The van der Waals surface area contributed by atoms with Crippen molar-refractivity contribution in [3.8, 4) is 0 Å². The minimum Gasteiger partial charge on any atom is -0.352 e. The lowest BCUT2D eigenvalue weighted by Gasteiger charge is -2.34. The van der Waals surface area contributed by atoms with Gasteiger partial charge in [-0.05, 0) is 50.6 Å². The fraction of sp³-hybridized carbons (Fsp3) is 0.364. The molecule has 0 bridgehead atoms. The molecule has 3 rings (SSSR count). The Morgan fingerprint density at radius 3 is 2.39 bits per heavy atom. The quantitative estimate of drug-likeness (QED) is 0.805. The van der Waals surface area contributed by atoms with E-state index in [1.165, 1.54) is 6.07 Å². The molecule has 0 aliphatic carbocycles. The van der Waals surface area contributed by atoms with E-state index in [0.717, 1.165) is 5.56 Å². The molecule has 28 heavy (non-hydrogen) atoms. The van der Waals surface area contributed by atoms with Crippen molar-refractivity contribution >= 4 is 17.5 Å². The highest BCUT2D eigenvalue weighted by atomic mass is 19.1. The Labute approximate surface area is 164 Å². The van der Waals surface area contributed by atoms with Crippen LogP contribution in [-0.4, -0.2) is 35.8 Å². The Bertz CT molecular complexity index is 804. The van der Waals surface area contributed by atoms with Crippen molar-refractivity contribution in [1.82, 2.24) is 10.2 Å². The molecule has 0 saturated carbocycles. The van der Waals surface area contributed by atoms with Crippen LogP contribution in [0.2, 0.25) is 0 Å². The summed E-state index contributed by atoms with van der Waals surface area (Å²) in [5, 5.41) is 5.64. The molecule has 1 aliphatic heterocycles. The average molecular weight is 383 g/mol. The Morgan fingerprint density at radius 2 is 1.71 bits per heavy atom. The summed E-state index contributed by atoms with van der Waals surface area (Å²) in [6.07, 6.45) is 1.41. The second-order valence-electron chi connectivity index (χ2n) is 7.16. The zero-order chi connectivity index (χ0) is 19.9. The topological polar surface area (TPSA) is 61.4 Å². The first-order valence-electron chi connectivity index (χ1n) is 9.65. The van der Waals surface area contributed by atoms with E-state index in [2.05, 4.69) is 10.6 Å². The third-order valence-electron chi connectivity index (χ3n) is 5.27. The number of nitrogens with zero attached hydrogens (tertiary/aromatic N) is 1. The highest BCUT2D eigenvalue weighted by molar-refractivity contribution is 5.94. The number of para-hydroxylation sites is 1. The Hall–Kier alpha value is -2.73. The van der Waals surface area contributed by atoms with E-state index >= 15 is 0 Å². The highest BCUT2D eigenvalue weighted by Crippen LogP contribution is 2.20. The van der Waals surface area contributed by atoms with Crippen molar-refractivity contribution in [2.24, 2.45) is 5.92 Å². The lowest BCUT2D eigenvalue weighted by atomic mass is 9.94. The van der Waals surface area contributed by atoms with Crippen LogP contribution in [0.3, 0.4) is 0 Å². The third kappa shape index (κ3) is 5.16. The molecule has 6 heteroatoms. The summed E-state index contributed by atoms with van der Waals surface area (Å²) in [5.74, 6) is -0.664. The first-order chi connectivity index (χ1) is 13.5. The van der Waals surface area contributed by atoms with E-state index in [-0.39, 0.29) is 29.5 Å². The molecule has 148 valence electrons. The van der Waals surface area contributed by atoms with Crippen LogP contribution in [0, 0.1) is 11.7 Å². The fourth-order valence-corrected chi connectivity index (χ4v) is 3.44. The van der Waals surface area contributed by atoms with E-state index in [4.69, 9.17) is 0 Å². The van der Waals surface area contributed by atoms with Crippen LogP contribution < -0.4 is 10.6 Å². The molecule has 5 nitrogen and oxygen atoms in total. The van der Waals surface area contributed by atoms with Gasteiger partial charge in [0.2, 0.25) is 11.8 Å². The van der Waals surface area contributed by atoms with Crippen molar-refractivity contribution in [1.29, 1.82) is 0 Å². The van der Waals surface area contributed by atoms with E-state index < -0.39 is 5.82 Å². The van der Waals surface area contributed by atoms with Gasteiger partial charge in [-0.25, -0.2) is 4.39 Å². The minimum absolute atomic E-state index is 0.0400. The normalized spacial score (nSPS) is 16.4. The van der Waals surface area contributed by atoms with E-state index in [0.29, 0.717) is 32.5 Å². The number of rotatable bonds is 6. The van der Waals surface area contributed by atoms with Gasteiger partial charge in [-0.2, -0.15) is 0 Å². The molecule has 0 radical (unpaired) electrons. The lowest BCUT2D eigenvalue weighted by Crippen LogP contribution is -2.48. The van der Waals surface area contributed by atoms with Gasteiger partial charge in [0, 0.05) is 12.5 Å². The van der Waals surface area contributed by atoms with Gasteiger partial charge >= 0.3 is 0 Å². The summed E-state index contributed by atoms with van der Waals surface area (Å²) in [5.41, 5.74) is 1.27. The number of benzene rings is 2. The summed E-state index contributed by atoms with van der Waals surface area (Å²) < 4.78 is 13.7. The molecule has 0 aromatic heterocycles. The number of halogens is 1. The number of piperidine rings is 1. The number of carbonyl (C=O) groups is 2. The lowest BCUT2D eigenvalue weighted by molar-refractivity contribution is -0.127. The first-order valence-corrected chi connectivity index (χ1v) is 9.65. The largest absolute Gasteiger partial charge is 0.352 e. The Morgan fingerprint density at radius 1 is 1.07 bits per heavy atom. The van der Waals surface area contributed by atoms with Crippen molar-refractivity contribution in [2.45, 2.75) is 32.4 Å². The molecule has 0 unspecified atom stereocenters. The van der Waals surface area contributed by atoms with Gasteiger partial charge < -0.3 is 10.6 Å². The summed E-state index contributed by atoms with van der Waals surface area (Å²) >= 11 is 0.